The fourth-order valence-corrected chi connectivity index (χ4v) is 3.79. The van der Waals surface area contributed by atoms with Crippen molar-refractivity contribution in [3.05, 3.63) is 59.7 Å². The highest BCUT2D eigenvalue weighted by atomic mass is 16.6. The third kappa shape index (κ3) is 1.80. The average Bonchev–Trinajstić information content (AvgIpc) is 3.51. The molecule has 2 saturated carbocycles. The maximum atomic E-state index is 12.8. The van der Waals surface area contributed by atoms with E-state index < -0.39 is 11.2 Å². The summed E-state index contributed by atoms with van der Waals surface area (Å²) in [5.41, 5.74) is 1.16. The normalized spacial score (nSPS) is 22.2. The van der Waals surface area contributed by atoms with Crippen LogP contribution in [0.4, 0.5) is 0 Å². The number of hydrogen-bond donors (Lipinski definition) is 0. The van der Waals surface area contributed by atoms with Gasteiger partial charge in [-0.15, -0.1) is 0 Å². The van der Waals surface area contributed by atoms with Gasteiger partial charge < -0.3 is 9.47 Å². The predicted molar refractivity (Wildman–Crippen MR) is 86.6 cm³/mol. The third-order valence-electron chi connectivity index (χ3n) is 5.40. The highest BCUT2D eigenvalue weighted by molar-refractivity contribution is 6.04. The van der Waals surface area contributed by atoms with Crippen LogP contribution in [0.15, 0.2) is 48.5 Å². The molecule has 0 aromatic heterocycles. The Bertz CT molecular complexity index is 801. The summed E-state index contributed by atoms with van der Waals surface area (Å²) in [7, 11) is 0. The zero-order valence-electron chi connectivity index (χ0n) is 13.1. The average molecular weight is 320 g/mol. The second kappa shape index (κ2) is 4.47. The van der Waals surface area contributed by atoms with Gasteiger partial charge in [0.05, 0.1) is 11.1 Å². The van der Waals surface area contributed by atoms with Crippen molar-refractivity contribution < 1.29 is 19.1 Å². The molecule has 0 radical (unpaired) electrons. The molecule has 4 nitrogen and oxygen atoms in total. The number of benzene rings is 2. The lowest BCUT2D eigenvalue weighted by molar-refractivity contribution is -0.0613. The van der Waals surface area contributed by atoms with Crippen LogP contribution >= 0.6 is 0 Å². The van der Waals surface area contributed by atoms with Crippen LogP contribution in [0.3, 0.4) is 0 Å². The molecule has 0 saturated heterocycles. The monoisotopic (exact) mass is 320 g/mol. The van der Waals surface area contributed by atoms with Crippen LogP contribution in [0, 0.1) is 0 Å². The molecule has 0 amide bonds. The lowest BCUT2D eigenvalue weighted by Crippen LogP contribution is -2.40. The minimum Gasteiger partial charge on any atom is -0.451 e. The molecule has 5 rings (SSSR count). The largest absolute Gasteiger partial charge is 0.451 e. The van der Waals surface area contributed by atoms with E-state index in [1.165, 1.54) is 0 Å². The Morgan fingerprint density at radius 3 is 1.25 bits per heavy atom. The highest BCUT2D eigenvalue weighted by Gasteiger charge is 2.72. The first-order valence-corrected chi connectivity index (χ1v) is 8.29. The van der Waals surface area contributed by atoms with Crippen LogP contribution in [0.1, 0.15) is 46.4 Å². The van der Waals surface area contributed by atoms with Gasteiger partial charge in [0.1, 0.15) is 0 Å². The Balaban J connectivity index is 1.74. The van der Waals surface area contributed by atoms with Gasteiger partial charge in [-0.25, -0.2) is 9.59 Å². The molecule has 4 heteroatoms. The van der Waals surface area contributed by atoms with Gasteiger partial charge in [-0.3, -0.25) is 0 Å². The van der Waals surface area contributed by atoms with Crippen molar-refractivity contribution in [3.63, 3.8) is 0 Å². The standard InChI is InChI=1S/C20H16O4/c21-17-15-7-3-1-5-13(15)14-6-2-4-8-16(14)18(22)24-20(11-12-20)19(23-17)9-10-19/h1-8H,9-12H2. The van der Waals surface area contributed by atoms with Crippen LogP contribution in [-0.2, 0) is 9.47 Å². The van der Waals surface area contributed by atoms with Crippen LogP contribution in [-0.4, -0.2) is 23.1 Å². The Hall–Kier alpha value is -2.62. The molecule has 120 valence electrons. The Kier molecular flexibility index (Phi) is 2.57. The molecular weight excluding hydrogens is 304 g/mol. The van der Waals surface area contributed by atoms with Gasteiger partial charge in [0.2, 0.25) is 0 Å². The van der Waals surface area contributed by atoms with E-state index >= 15 is 0 Å². The summed E-state index contributed by atoms with van der Waals surface area (Å²) in [6.45, 7) is 0. The van der Waals surface area contributed by atoms with Crippen molar-refractivity contribution in [3.8, 4) is 11.1 Å². The quantitative estimate of drug-likeness (QED) is 0.694. The van der Waals surface area contributed by atoms with Crippen molar-refractivity contribution in [2.45, 2.75) is 36.9 Å². The smallest absolute Gasteiger partial charge is 0.339 e. The Morgan fingerprint density at radius 1 is 0.583 bits per heavy atom. The van der Waals surface area contributed by atoms with E-state index in [0.29, 0.717) is 22.3 Å². The van der Waals surface area contributed by atoms with Gasteiger partial charge in [-0.05, 0) is 48.9 Å². The van der Waals surface area contributed by atoms with Crippen molar-refractivity contribution in [1.29, 1.82) is 0 Å². The lowest BCUT2D eigenvalue weighted by Gasteiger charge is -2.29. The van der Waals surface area contributed by atoms with E-state index in [0.717, 1.165) is 25.7 Å². The maximum Gasteiger partial charge on any atom is 0.339 e. The molecule has 24 heavy (non-hydrogen) atoms. The van der Waals surface area contributed by atoms with Gasteiger partial charge >= 0.3 is 11.9 Å². The molecule has 2 aromatic rings. The van der Waals surface area contributed by atoms with Gasteiger partial charge in [0.15, 0.2) is 11.2 Å². The molecule has 0 atom stereocenters. The minimum atomic E-state index is -0.626. The lowest BCUT2D eigenvalue weighted by atomic mass is 9.94. The number of carbonyl (C=O) groups is 2. The molecule has 2 aromatic carbocycles. The number of rotatable bonds is 0. The molecule has 1 aliphatic heterocycles. The summed E-state index contributed by atoms with van der Waals surface area (Å²) in [5.74, 6) is -0.663. The molecule has 2 spiro atoms. The second-order valence-electron chi connectivity index (χ2n) is 6.86. The summed E-state index contributed by atoms with van der Waals surface area (Å²) < 4.78 is 11.8. The summed E-state index contributed by atoms with van der Waals surface area (Å²) in [6, 6.07) is 14.6. The van der Waals surface area contributed by atoms with Gasteiger partial charge in [0.25, 0.3) is 0 Å². The molecule has 0 N–H and O–H groups in total. The zero-order valence-corrected chi connectivity index (χ0v) is 13.1. The summed E-state index contributed by atoms with van der Waals surface area (Å²) in [6.07, 6.45) is 3.04. The summed E-state index contributed by atoms with van der Waals surface area (Å²) in [4.78, 5) is 25.6. The first-order chi connectivity index (χ1) is 11.6. The van der Waals surface area contributed by atoms with E-state index in [-0.39, 0.29) is 11.9 Å². The van der Waals surface area contributed by atoms with Crippen molar-refractivity contribution in [2.75, 3.05) is 0 Å². The molecule has 0 unspecified atom stereocenters. The summed E-state index contributed by atoms with van der Waals surface area (Å²) >= 11 is 0. The Morgan fingerprint density at radius 2 is 0.917 bits per heavy atom. The zero-order chi connectivity index (χ0) is 16.4. The molecule has 0 bridgehead atoms. The highest BCUT2D eigenvalue weighted by Crippen LogP contribution is 2.62. The Labute approximate surface area is 139 Å². The minimum absolute atomic E-state index is 0.331. The molecular formula is C20H16O4. The summed E-state index contributed by atoms with van der Waals surface area (Å²) in [5, 5.41) is 0. The van der Waals surface area contributed by atoms with Crippen LogP contribution in [0.25, 0.3) is 11.1 Å². The first-order valence-electron chi connectivity index (χ1n) is 8.29. The van der Waals surface area contributed by atoms with Crippen LogP contribution < -0.4 is 0 Å². The second-order valence-corrected chi connectivity index (χ2v) is 6.86. The number of hydrogen-bond acceptors (Lipinski definition) is 4. The van der Waals surface area contributed by atoms with Gasteiger partial charge in [0, 0.05) is 0 Å². The van der Waals surface area contributed by atoms with E-state index in [2.05, 4.69) is 0 Å². The van der Waals surface area contributed by atoms with E-state index in [1.54, 1.807) is 12.1 Å². The molecule has 1 heterocycles. The number of carbonyl (C=O) groups excluding carboxylic acids is 2. The van der Waals surface area contributed by atoms with E-state index in [9.17, 15) is 9.59 Å². The number of ether oxygens (including phenoxy) is 2. The van der Waals surface area contributed by atoms with E-state index in [4.69, 9.17) is 9.47 Å². The first kappa shape index (κ1) is 13.8. The van der Waals surface area contributed by atoms with Crippen LogP contribution in [0.2, 0.25) is 0 Å². The third-order valence-corrected chi connectivity index (χ3v) is 5.40. The van der Waals surface area contributed by atoms with Crippen LogP contribution in [0.5, 0.6) is 0 Å². The van der Waals surface area contributed by atoms with Crippen molar-refractivity contribution in [1.82, 2.24) is 0 Å². The van der Waals surface area contributed by atoms with Gasteiger partial charge in [-0.2, -0.15) is 0 Å². The number of esters is 2. The molecule has 3 aliphatic rings. The molecule has 2 aliphatic carbocycles. The predicted octanol–water partition coefficient (Wildman–Crippen LogP) is 3.75. The fourth-order valence-electron chi connectivity index (χ4n) is 3.79. The van der Waals surface area contributed by atoms with Crippen molar-refractivity contribution >= 4 is 11.9 Å². The number of fused-ring (bicyclic) bond motifs is 4. The van der Waals surface area contributed by atoms with E-state index in [1.807, 2.05) is 36.4 Å². The topological polar surface area (TPSA) is 52.6 Å². The SMILES string of the molecule is O=C1OC2(CC2)C2(CC2)OC(=O)c2ccccc2-c2ccccc21. The van der Waals surface area contributed by atoms with Crippen molar-refractivity contribution in [2.24, 2.45) is 0 Å². The fraction of sp³-hybridized carbons (Fsp3) is 0.300. The maximum absolute atomic E-state index is 12.8. The molecule has 2 fully saturated rings. The van der Waals surface area contributed by atoms with Gasteiger partial charge in [-0.1, -0.05) is 36.4 Å².